The molecule has 28 heavy (non-hydrogen) atoms. The van der Waals surface area contributed by atoms with Gasteiger partial charge in [0.1, 0.15) is 0 Å². The van der Waals surface area contributed by atoms with Gasteiger partial charge in [0.2, 0.25) is 0 Å². The minimum atomic E-state index is -0.440. The Labute approximate surface area is 160 Å². The Balaban J connectivity index is 1.77. The number of carbonyl (C=O) groups is 2. The van der Waals surface area contributed by atoms with Crippen LogP contribution in [0.15, 0.2) is 60.2 Å². The lowest BCUT2D eigenvalue weighted by molar-refractivity contribution is -0.384. The van der Waals surface area contributed by atoms with E-state index in [2.05, 4.69) is 0 Å². The Kier molecular flexibility index (Phi) is 4.04. The number of carbonyl (C=O) groups excluding carboxylic acids is 2. The maximum Gasteiger partial charge on any atom is 0.269 e. The van der Waals surface area contributed by atoms with Crippen molar-refractivity contribution in [3.63, 3.8) is 0 Å². The van der Waals surface area contributed by atoms with Crippen molar-refractivity contribution in [2.75, 3.05) is 0 Å². The first-order valence-corrected chi connectivity index (χ1v) is 8.72. The van der Waals surface area contributed by atoms with Gasteiger partial charge in [-0.3, -0.25) is 19.7 Å². The summed E-state index contributed by atoms with van der Waals surface area (Å²) >= 11 is 0. The molecule has 0 spiro atoms. The lowest BCUT2D eigenvalue weighted by Gasteiger charge is -2.09. The largest absolute Gasteiger partial charge is 0.318 e. The van der Waals surface area contributed by atoms with Crippen molar-refractivity contribution >= 4 is 23.3 Å². The summed E-state index contributed by atoms with van der Waals surface area (Å²) < 4.78 is 1.94. The van der Waals surface area contributed by atoms with Gasteiger partial charge in [-0.2, -0.15) is 0 Å². The van der Waals surface area contributed by atoms with E-state index in [1.807, 2.05) is 24.5 Å². The Morgan fingerprint density at radius 2 is 1.50 bits per heavy atom. The highest BCUT2D eigenvalue weighted by Crippen LogP contribution is 2.30. The van der Waals surface area contributed by atoms with Crippen molar-refractivity contribution in [3.05, 3.63) is 98.4 Å². The molecule has 4 rings (SSSR count). The second-order valence-electron chi connectivity index (χ2n) is 6.70. The second-order valence-corrected chi connectivity index (χ2v) is 6.70. The highest BCUT2D eigenvalue weighted by Gasteiger charge is 2.32. The number of non-ortho nitro benzene ring substituents is 1. The number of fused-ring (bicyclic) bond motifs is 1. The molecule has 1 aromatic heterocycles. The fourth-order valence-corrected chi connectivity index (χ4v) is 3.61. The molecule has 0 bridgehead atoms. The van der Waals surface area contributed by atoms with Gasteiger partial charge in [-0.15, -0.1) is 0 Å². The van der Waals surface area contributed by atoms with E-state index in [0.717, 1.165) is 22.6 Å². The summed E-state index contributed by atoms with van der Waals surface area (Å²) in [6.45, 7) is 3.79. The molecule has 0 radical (unpaired) electrons. The van der Waals surface area contributed by atoms with Crippen LogP contribution in [0.25, 0.3) is 11.8 Å². The Morgan fingerprint density at radius 1 is 0.929 bits per heavy atom. The van der Waals surface area contributed by atoms with E-state index in [4.69, 9.17) is 0 Å². The quantitative estimate of drug-likeness (QED) is 0.294. The molecule has 0 saturated heterocycles. The molecule has 0 saturated carbocycles. The molecule has 6 heteroatoms. The van der Waals surface area contributed by atoms with Crippen LogP contribution >= 0.6 is 0 Å². The first-order valence-electron chi connectivity index (χ1n) is 8.72. The maximum atomic E-state index is 12.6. The predicted octanol–water partition coefficient (Wildman–Crippen LogP) is 4.46. The third-order valence-electron chi connectivity index (χ3n) is 4.99. The minimum absolute atomic E-state index is 0.0217. The number of aryl methyl sites for hydroxylation is 1. The van der Waals surface area contributed by atoms with Gasteiger partial charge >= 0.3 is 0 Å². The summed E-state index contributed by atoms with van der Waals surface area (Å²) in [5, 5.41) is 10.9. The second kappa shape index (κ2) is 6.42. The zero-order valence-corrected chi connectivity index (χ0v) is 15.3. The monoisotopic (exact) mass is 372 g/mol. The van der Waals surface area contributed by atoms with Gasteiger partial charge in [0.15, 0.2) is 11.6 Å². The zero-order valence-electron chi connectivity index (χ0n) is 15.3. The Hall–Kier alpha value is -3.80. The number of hydrogen-bond donors (Lipinski definition) is 0. The number of benzene rings is 2. The Bertz CT molecular complexity index is 1150. The van der Waals surface area contributed by atoms with Gasteiger partial charge in [-0.05, 0) is 43.7 Å². The van der Waals surface area contributed by atoms with Crippen molar-refractivity contribution in [1.29, 1.82) is 0 Å². The van der Waals surface area contributed by atoms with Crippen LogP contribution in [0.3, 0.4) is 0 Å². The van der Waals surface area contributed by atoms with Crippen molar-refractivity contribution in [3.8, 4) is 5.69 Å². The fourth-order valence-electron chi connectivity index (χ4n) is 3.61. The molecule has 1 aliphatic carbocycles. The molecular formula is C22H16N2O4. The molecular weight excluding hydrogens is 356 g/mol. The van der Waals surface area contributed by atoms with E-state index >= 15 is 0 Å². The number of aromatic nitrogens is 1. The Morgan fingerprint density at radius 3 is 2.04 bits per heavy atom. The summed E-state index contributed by atoms with van der Waals surface area (Å²) in [5.74, 6) is -0.526. The van der Waals surface area contributed by atoms with Crippen LogP contribution < -0.4 is 0 Å². The summed E-state index contributed by atoms with van der Waals surface area (Å²) in [6.07, 6.45) is 1.63. The molecule has 0 fully saturated rings. The van der Waals surface area contributed by atoms with Crippen LogP contribution in [0.2, 0.25) is 0 Å². The van der Waals surface area contributed by atoms with E-state index in [1.165, 1.54) is 12.1 Å². The maximum absolute atomic E-state index is 12.6. The van der Waals surface area contributed by atoms with Crippen molar-refractivity contribution in [1.82, 2.24) is 4.57 Å². The number of hydrogen-bond acceptors (Lipinski definition) is 4. The van der Waals surface area contributed by atoms with Gasteiger partial charge in [-0.25, -0.2) is 0 Å². The van der Waals surface area contributed by atoms with E-state index < -0.39 is 4.92 Å². The lowest BCUT2D eigenvalue weighted by Crippen LogP contribution is -2.01. The fraction of sp³-hybridized carbons (Fsp3) is 0.0909. The van der Waals surface area contributed by atoms with Crippen molar-refractivity contribution in [2.24, 2.45) is 0 Å². The highest BCUT2D eigenvalue weighted by atomic mass is 16.6. The smallest absolute Gasteiger partial charge is 0.269 e. The number of Topliss-reactive ketones (excluding diaryl/α,β-unsaturated/α-hetero) is 2. The third kappa shape index (κ3) is 2.66. The summed E-state index contributed by atoms with van der Waals surface area (Å²) in [6, 6.07) is 15.0. The first kappa shape index (κ1) is 17.6. The van der Waals surface area contributed by atoms with E-state index in [-0.39, 0.29) is 22.8 Å². The van der Waals surface area contributed by atoms with Crippen LogP contribution in [0.4, 0.5) is 5.69 Å². The summed E-state index contributed by atoms with van der Waals surface area (Å²) in [7, 11) is 0. The highest BCUT2D eigenvalue weighted by molar-refractivity contribution is 6.41. The topological polar surface area (TPSA) is 82.2 Å². The number of nitro groups is 1. The molecule has 1 aliphatic rings. The molecule has 6 nitrogen and oxygen atoms in total. The number of ketones is 2. The molecule has 138 valence electrons. The third-order valence-corrected chi connectivity index (χ3v) is 4.99. The molecule has 2 aromatic carbocycles. The molecule has 0 unspecified atom stereocenters. The number of nitrogens with zero attached hydrogens (tertiary/aromatic N) is 2. The van der Waals surface area contributed by atoms with Crippen molar-refractivity contribution in [2.45, 2.75) is 13.8 Å². The van der Waals surface area contributed by atoms with Gasteiger partial charge in [0, 0.05) is 40.3 Å². The van der Waals surface area contributed by atoms with E-state index in [1.54, 1.807) is 42.5 Å². The summed E-state index contributed by atoms with van der Waals surface area (Å²) in [4.78, 5) is 35.7. The minimum Gasteiger partial charge on any atom is -0.318 e. The van der Waals surface area contributed by atoms with Crippen LogP contribution in [-0.4, -0.2) is 21.1 Å². The van der Waals surface area contributed by atoms with Gasteiger partial charge in [0.25, 0.3) is 5.69 Å². The van der Waals surface area contributed by atoms with Crippen LogP contribution in [-0.2, 0) is 0 Å². The SMILES string of the molecule is Cc1cc(C=C2C(=O)c3ccccc3C2=O)c(C)n1-c1ccc([N+](=O)[O-])cc1. The zero-order chi connectivity index (χ0) is 20.0. The lowest BCUT2D eigenvalue weighted by atomic mass is 10.1. The van der Waals surface area contributed by atoms with Gasteiger partial charge < -0.3 is 4.57 Å². The molecule has 3 aromatic rings. The summed E-state index contributed by atoms with van der Waals surface area (Å²) in [5.41, 5.74) is 4.33. The molecule has 0 N–H and O–H groups in total. The number of nitro benzene ring substituents is 1. The van der Waals surface area contributed by atoms with Crippen LogP contribution in [0, 0.1) is 24.0 Å². The van der Waals surface area contributed by atoms with Crippen LogP contribution in [0.1, 0.15) is 37.7 Å². The number of rotatable bonds is 3. The average molecular weight is 372 g/mol. The normalized spacial score (nSPS) is 13.0. The molecule has 0 amide bonds. The van der Waals surface area contributed by atoms with E-state index in [9.17, 15) is 19.7 Å². The molecule has 1 heterocycles. The molecule has 0 aliphatic heterocycles. The van der Waals surface area contributed by atoms with Crippen molar-refractivity contribution < 1.29 is 14.5 Å². The van der Waals surface area contributed by atoms with Crippen LogP contribution in [0.5, 0.6) is 0 Å². The predicted molar refractivity (Wildman–Crippen MR) is 105 cm³/mol. The average Bonchev–Trinajstić information content (AvgIpc) is 3.10. The van der Waals surface area contributed by atoms with Gasteiger partial charge in [0.05, 0.1) is 10.5 Å². The van der Waals surface area contributed by atoms with E-state index in [0.29, 0.717) is 11.1 Å². The standard InChI is InChI=1S/C22H16N2O4/c1-13-11-15(12-20-21(25)18-5-3-4-6-19(18)22(20)26)14(2)23(13)16-7-9-17(10-8-16)24(27)28/h3-12H,1-2H3. The van der Waals surface area contributed by atoms with Gasteiger partial charge in [-0.1, -0.05) is 24.3 Å². The first-order chi connectivity index (χ1) is 13.4. The molecule has 0 atom stereocenters. The number of allylic oxidation sites excluding steroid dienone is 1.